The first-order valence-corrected chi connectivity index (χ1v) is 14.0. The summed E-state index contributed by atoms with van der Waals surface area (Å²) >= 11 is 0. The number of rotatable bonds is 7. The molecule has 212 valence electrons. The van der Waals surface area contributed by atoms with E-state index in [1.54, 1.807) is 18.2 Å². The summed E-state index contributed by atoms with van der Waals surface area (Å²) < 4.78 is 33.7. The van der Waals surface area contributed by atoms with Gasteiger partial charge in [0.15, 0.2) is 0 Å². The van der Waals surface area contributed by atoms with Crippen LogP contribution in [0.25, 0.3) is 0 Å². The lowest BCUT2D eigenvalue weighted by Crippen LogP contribution is -2.52. The van der Waals surface area contributed by atoms with Gasteiger partial charge in [0.1, 0.15) is 30.0 Å². The number of halogens is 2. The first kappa shape index (κ1) is 27.1. The summed E-state index contributed by atoms with van der Waals surface area (Å²) in [6.45, 7) is 3.01. The quantitative estimate of drug-likeness (QED) is 0.425. The van der Waals surface area contributed by atoms with Crippen LogP contribution in [0.5, 0.6) is 5.75 Å². The molecular formula is C32H31F2N3O4. The number of carbonyl (C=O) groups excluding carboxylic acids is 3. The molecule has 0 spiro atoms. The second-order valence-electron chi connectivity index (χ2n) is 11.0. The van der Waals surface area contributed by atoms with E-state index >= 15 is 0 Å². The number of nitrogens with zero attached hydrogens (tertiary/aromatic N) is 2. The number of hydrogen-bond acceptors (Lipinski definition) is 5. The van der Waals surface area contributed by atoms with E-state index in [4.69, 9.17) is 4.74 Å². The van der Waals surface area contributed by atoms with Gasteiger partial charge in [-0.1, -0.05) is 36.4 Å². The monoisotopic (exact) mass is 559 g/mol. The van der Waals surface area contributed by atoms with Crippen molar-refractivity contribution in [2.75, 3.05) is 13.1 Å². The van der Waals surface area contributed by atoms with Gasteiger partial charge in [-0.3, -0.25) is 24.6 Å². The molecule has 1 unspecified atom stereocenters. The number of fused-ring (bicyclic) bond motifs is 1. The molecule has 3 heterocycles. The van der Waals surface area contributed by atoms with Gasteiger partial charge in [-0.15, -0.1) is 0 Å². The smallest absolute Gasteiger partial charge is 0.255 e. The van der Waals surface area contributed by atoms with E-state index in [9.17, 15) is 23.2 Å². The summed E-state index contributed by atoms with van der Waals surface area (Å²) in [5, 5.41) is 2.33. The van der Waals surface area contributed by atoms with E-state index in [2.05, 4.69) is 22.3 Å². The molecular weight excluding hydrogens is 528 g/mol. The van der Waals surface area contributed by atoms with E-state index in [0.717, 1.165) is 55.2 Å². The minimum Gasteiger partial charge on any atom is -0.489 e. The highest BCUT2D eigenvalue weighted by atomic mass is 19.1. The van der Waals surface area contributed by atoms with Crippen LogP contribution in [0, 0.1) is 11.6 Å². The number of piperidine rings is 2. The third-order valence-electron chi connectivity index (χ3n) is 8.32. The number of hydrogen-bond donors (Lipinski definition) is 1. The van der Waals surface area contributed by atoms with E-state index in [0.29, 0.717) is 29.9 Å². The molecule has 3 aliphatic heterocycles. The van der Waals surface area contributed by atoms with Crippen LogP contribution in [0.1, 0.15) is 64.2 Å². The van der Waals surface area contributed by atoms with Crippen LogP contribution < -0.4 is 10.1 Å². The Bertz CT molecular complexity index is 1500. The van der Waals surface area contributed by atoms with Gasteiger partial charge in [0, 0.05) is 30.2 Å². The Morgan fingerprint density at radius 3 is 2.46 bits per heavy atom. The molecule has 0 aliphatic carbocycles. The molecule has 1 N–H and O–H groups in total. The van der Waals surface area contributed by atoms with Crippen LogP contribution >= 0.6 is 0 Å². The van der Waals surface area contributed by atoms with Crippen LogP contribution in [-0.2, 0) is 29.3 Å². The molecule has 1 atom stereocenters. The van der Waals surface area contributed by atoms with Gasteiger partial charge < -0.3 is 9.64 Å². The lowest BCUT2D eigenvalue weighted by atomic mass is 9.89. The zero-order valence-corrected chi connectivity index (χ0v) is 22.6. The Labute approximate surface area is 237 Å². The zero-order valence-electron chi connectivity index (χ0n) is 22.6. The molecule has 0 bridgehead atoms. The minimum absolute atomic E-state index is 0.0944. The second kappa shape index (κ2) is 11.4. The largest absolute Gasteiger partial charge is 0.489 e. The minimum atomic E-state index is -0.670. The van der Waals surface area contributed by atoms with E-state index in [-0.39, 0.29) is 30.7 Å². The molecule has 3 aliphatic rings. The van der Waals surface area contributed by atoms with Crippen molar-refractivity contribution in [1.29, 1.82) is 0 Å². The lowest BCUT2D eigenvalue weighted by molar-refractivity contribution is -0.136. The van der Waals surface area contributed by atoms with E-state index in [1.165, 1.54) is 11.0 Å². The third-order valence-corrected chi connectivity index (χ3v) is 8.32. The summed E-state index contributed by atoms with van der Waals surface area (Å²) in [5.74, 6) is -1.30. The van der Waals surface area contributed by atoms with Gasteiger partial charge in [-0.25, -0.2) is 8.78 Å². The predicted molar refractivity (Wildman–Crippen MR) is 147 cm³/mol. The molecule has 7 nitrogen and oxygen atoms in total. The van der Waals surface area contributed by atoms with Crippen LogP contribution in [0.15, 0.2) is 60.7 Å². The molecule has 6 rings (SSSR count). The first-order valence-electron chi connectivity index (χ1n) is 14.0. The SMILES string of the molecule is O=C1CCC(N2Cc3c(OCc4cccc(CN5CCC(c6ccc(F)cc6F)CC5)c4)cccc3C2=O)C(=O)N1. The molecule has 2 saturated heterocycles. The number of amides is 3. The van der Waals surface area contributed by atoms with Crippen LogP contribution in [0.4, 0.5) is 8.78 Å². The summed E-state index contributed by atoms with van der Waals surface area (Å²) in [4.78, 5) is 40.9. The summed E-state index contributed by atoms with van der Waals surface area (Å²) in [5.41, 5.74) is 4.01. The van der Waals surface area contributed by atoms with Gasteiger partial charge in [0.2, 0.25) is 11.8 Å². The Hall–Kier alpha value is -4.11. The van der Waals surface area contributed by atoms with Gasteiger partial charge in [-0.2, -0.15) is 0 Å². The van der Waals surface area contributed by atoms with Crippen molar-refractivity contribution < 1.29 is 27.9 Å². The van der Waals surface area contributed by atoms with E-state index < -0.39 is 23.6 Å². The fourth-order valence-corrected chi connectivity index (χ4v) is 6.16. The van der Waals surface area contributed by atoms with Gasteiger partial charge >= 0.3 is 0 Å². The Kier molecular flexibility index (Phi) is 7.53. The van der Waals surface area contributed by atoms with Crippen LogP contribution in [-0.4, -0.2) is 46.7 Å². The molecule has 0 aromatic heterocycles. The predicted octanol–water partition coefficient (Wildman–Crippen LogP) is 4.68. The summed E-state index contributed by atoms with van der Waals surface area (Å²) in [6.07, 6.45) is 2.16. The topological polar surface area (TPSA) is 79.0 Å². The Balaban J connectivity index is 1.06. The number of nitrogens with one attached hydrogen (secondary N) is 1. The average Bonchev–Trinajstić information content (AvgIpc) is 3.29. The molecule has 3 aromatic carbocycles. The van der Waals surface area contributed by atoms with Crippen molar-refractivity contribution in [2.45, 2.75) is 57.3 Å². The molecule has 3 amide bonds. The average molecular weight is 560 g/mol. The number of imide groups is 1. The highest BCUT2D eigenvalue weighted by Gasteiger charge is 2.40. The van der Waals surface area contributed by atoms with Crippen molar-refractivity contribution in [3.63, 3.8) is 0 Å². The summed E-state index contributed by atoms with van der Waals surface area (Å²) in [7, 11) is 0. The highest BCUT2D eigenvalue weighted by molar-refractivity contribution is 6.05. The Morgan fingerprint density at radius 2 is 1.68 bits per heavy atom. The molecule has 3 aromatic rings. The van der Waals surface area contributed by atoms with Crippen molar-refractivity contribution in [1.82, 2.24) is 15.1 Å². The second-order valence-corrected chi connectivity index (χ2v) is 11.0. The number of likely N-dealkylation sites (tertiary alicyclic amines) is 1. The van der Waals surface area contributed by atoms with Crippen molar-refractivity contribution >= 4 is 17.7 Å². The third kappa shape index (κ3) is 5.72. The van der Waals surface area contributed by atoms with Crippen molar-refractivity contribution in [3.8, 4) is 5.75 Å². The molecule has 9 heteroatoms. The van der Waals surface area contributed by atoms with Crippen molar-refractivity contribution in [3.05, 3.63) is 100 Å². The maximum atomic E-state index is 14.2. The maximum Gasteiger partial charge on any atom is 0.255 e. The zero-order chi connectivity index (χ0) is 28.5. The normalized spacial score (nSPS) is 19.8. The van der Waals surface area contributed by atoms with Gasteiger partial charge in [-0.05, 0) is 73.2 Å². The van der Waals surface area contributed by atoms with E-state index in [1.807, 2.05) is 18.2 Å². The lowest BCUT2D eigenvalue weighted by Gasteiger charge is -2.32. The first-order chi connectivity index (χ1) is 19.9. The van der Waals surface area contributed by atoms with Gasteiger partial charge in [0.25, 0.3) is 5.91 Å². The Morgan fingerprint density at radius 1 is 0.902 bits per heavy atom. The summed E-state index contributed by atoms with van der Waals surface area (Å²) in [6, 6.07) is 16.7. The molecule has 0 radical (unpaired) electrons. The van der Waals surface area contributed by atoms with Gasteiger partial charge in [0.05, 0.1) is 6.54 Å². The highest BCUT2D eigenvalue weighted by Crippen LogP contribution is 2.34. The molecule has 0 saturated carbocycles. The maximum absolute atomic E-state index is 14.2. The fraction of sp³-hybridized carbons (Fsp3) is 0.344. The molecule has 41 heavy (non-hydrogen) atoms. The van der Waals surface area contributed by atoms with Crippen LogP contribution in [0.3, 0.4) is 0 Å². The van der Waals surface area contributed by atoms with Crippen LogP contribution in [0.2, 0.25) is 0 Å². The van der Waals surface area contributed by atoms with Crippen molar-refractivity contribution in [2.24, 2.45) is 0 Å². The molecule has 2 fully saturated rings. The number of benzene rings is 3. The number of ether oxygens (including phenoxy) is 1. The fourth-order valence-electron chi connectivity index (χ4n) is 6.16. The number of carbonyl (C=O) groups is 3. The standard InChI is InChI=1S/C32H31F2N3O4/c33-23-7-8-24(27(34)16-23)22-11-13-36(14-12-22)17-20-3-1-4-21(15-20)19-41-29-6-2-5-25-26(29)18-37(32(25)40)28-9-10-30(38)35-31(28)39/h1-8,15-16,22,28H,9-14,17-19H2,(H,35,38,39).